The number of rotatable bonds is 3. The smallest absolute Gasteiger partial charge is 0.122 e. The van der Waals surface area contributed by atoms with Gasteiger partial charge in [0.05, 0.1) is 27.4 Å². The lowest BCUT2D eigenvalue weighted by Crippen LogP contribution is -2.35. The van der Waals surface area contributed by atoms with Gasteiger partial charge in [-0.25, -0.2) is 0 Å². The van der Waals surface area contributed by atoms with Gasteiger partial charge in [0.1, 0.15) is 23.0 Å². The molecule has 0 saturated heterocycles. The minimum Gasteiger partial charge on any atom is -0.497 e. The monoisotopic (exact) mass is 326 g/mol. The summed E-state index contributed by atoms with van der Waals surface area (Å²) in [5, 5.41) is 0. The molecule has 2 atom stereocenters. The normalized spacial score (nSPS) is 21.8. The molecule has 0 saturated carbocycles. The van der Waals surface area contributed by atoms with Crippen molar-refractivity contribution in [1.82, 2.24) is 0 Å². The zero-order chi connectivity index (χ0) is 16.5. The Bertz CT molecular complexity index is 677. The highest BCUT2D eigenvalue weighted by Gasteiger charge is 2.31. The van der Waals surface area contributed by atoms with Gasteiger partial charge in [0, 0.05) is 11.8 Å². The van der Waals surface area contributed by atoms with E-state index in [4.69, 9.17) is 18.9 Å². The Kier molecular flexibility index (Phi) is 3.97. The quantitative estimate of drug-likeness (QED) is 0.865. The fraction of sp³-hybridized carbons (Fsp3) is 0.400. The van der Waals surface area contributed by atoms with Crippen LogP contribution in [0.3, 0.4) is 0 Å². The van der Waals surface area contributed by atoms with E-state index in [0.29, 0.717) is 11.8 Å². The molecular weight excluding hydrogens is 304 g/mol. The van der Waals surface area contributed by atoms with Gasteiger partial charge in [0.25, 0.3) is 0 Å². The molecule has 0 bridgehead atoms. The average molecular weight is 326 g/mol. The fourth-order valence-electron chi connectivity index (χ4n) is 3.65. The Hall–Kier alpha value is -2.36. The van der Waals surface area contributed by atoms with Gasteiger partial charge in [-0.1, -0.05) is 0 Å². The molecule has 0 unspecified atom stereocenters. The zero-order valence-corrected chi connectivity index (χ0v) is 14.1. The van der Waals surface area contributed by atoms with Crippen molar-refractivity contribution < 1.29 is 18.9 Å². The third kappa shape index (κ3) is 2.77. The highest BCUT2D eigenvalue weighted by atomic mass is 16.5. The predicted molar refractivity (Wildman–Crippen MR) is 91.4 cm³/mol. The maximum atomic E-state index is 5.99. The van der Waals surface area contributed by atoms with E-state index in [9.17, 15) is 0 Å². The number of ether oxygens (including phenoxy) is 4. The third-order valence-electron chi connectivity index (χ3n) is 5.07. The summed E-state index contributed by atoms with van der Waals surface area (Å²) in [6, 6.07) is 12.1. The second kappa shape index (κ2) is 6.27. The summed E-state index contributed by atoms with van der Waals surface area (Å²) in [5.74, 6) is 4.62. The van der Waals surface area contributed by atoms with Gasteiger partial charge in [0.15, 0.2) is 0 Å². The van der Waals surface area contributed by atoms with Crippen molar-refractivity contribution in [2.45, 2.75) is 12.8 Å². The highest BCUT2D eigenvalue weighted by Crippen LogP contribution is 2.38. The topological polar surface area (TPSA) is 36.9 Å². The minimum absolute atomic E-state index is 0.448. The second-order valence-corrected chi connectivity index (χ2v) is 6.50. The molecule has 4 heteroatoms. The molecule has 2 aromatic rings. The molecule has 2 aliphatic heterocycles. The molecule has 4 nitrogen and oxygen atoms in total. The van der Waals surface area contributed by atoms with Crippen LogP contribution in [0.4, 0.5) is 0 Å². The SMILES string of the molecule is COc1ccc2c(c1)C[C@H]([C@H]1COc3ccc(OC)cc3C1)CO2. The largest absolute Gasteiger partial charge is 0.497 e. The molecule has 0 aliphatic carbocycles. The standard InChI is InChI=1S/C20H22O4/c1-21-17-3-5-19-13(9-17)7-15(11-23-19)16-8-14-10-18(22-2)4-6-20(14)24-12-16/h3-6,9-10,15-16H,7-8,11-12H2,1-2H3/t15-,16+. The van der Waals surface area contributed by atoms with Gasteiger partial charge < -0.3 is 18.9 Å². The minimum atomic E-state index is 0.448. The molecule has 0 aromatic heterocycles. The van der Waals surface area contributed by atoms with Crippen LogP contribution in [0.25, 0.3) is 0 Å². The summed E-state index contributed by atoms with van der Waals surface area (Å²) in [4.78, 5) is 0. The zero-order valence-electron chi connectivity index (χ0n) is 14.1. The second-order valence-electron chi connectivity index (χ2n) is 6.50. The van der Waals surface area contributed by atoms with Crippen molar-refractivity contribution in [1.29, 1.82) is 0 Å². The van der Waals surface area contributed by atoms with Crippen LogP contribution in [0.2, 0.25) is 0 Å². The molecule has 2 aliphatic rings. The third-order valence-corrected chi connectivity index (χ3v) is 5.07. The van der Waals surface area contributed by atoms with Crippen LogP contribution in [0.1, 0.15) is 11.1 Å². The van der Waals surface area contributed by atoms with Crippen molar-refractivity contribution >= 4 is 0 Å². The van der Waals surface area contributed by atoms with Crippen molar-refractivity contribution in [3.05, 3.63) is 47.5 Å². The van der Waals surface area contributed by atoms with Gasteiger partial charge >= 0.3 is 0 Å². The van der Waals surface area contributed by atoms with Crippen molar-refractivity contribution in [3.8, 4) is 23.0 Å². The molecular formula is C20H22O4. The molecule has 0 fully saturated rings. The van der Waals surface area contributed by atoms with Crippen LogP contribution in [0, 0.1) is 11.8 Å². The molecule has 0 amide bonds. The molecule has 2 heterocycles. The van der Waals surface area contributed by atoms with Gasteiger partial charge in [-0.15, -0.1) is 0 Å². The molecule has 0 spiro atoms. The van der Waals surface area contributed by atoms with E-state index in [0.717, 1.165) is 49.1 Å². The van der Waals surface area contributed by atoms with Gasteiger partial charge in [-0.2, -0.15) is 0 Å². The molecule has 4 rings (SSSR count). The van der Waals surface area contributed by atoms with Crippen LogP contribution >= 0.6 is 0 Å². The first-order valence-corrected chi connectivity index (χ1v) is 8.36. The van der Waals surface area contributed by atoms with Gasteiger partial charge in [-0.05, 0) is 60.4 Å². The molecule has 0 radical (unpaired) electrons. The lowest BCUT2D eigenvalue weighted by atomic mass is 9.81. The Morgan fingerprint density at radius 1 is 0.750 bits per heavy atom. The first-order valence-electron chi connectivity index (χ1n) is 8.36. The number of fused-ring (bicyclic) bond motifs is 2. The predicted octanol–water partition coefficient (Wildman–Crippen LogP) is 3.51. The summed E-state index contributed by atoms with van der Waals surface area (Å²) in [5.41, 5.74) is 2.45. The van der Waals surface area contributed by atoms with E-state index in [1.54, 1.807) is 14.2 Å². The summed E-state index contributed by atoms with van der Waals surface area (Å²) < 4.78 is 22.6. The Morgan fingerprint density at radius 2 is 1.21 bits per heavy atom. The lowest BCUT2D eigenvalue weighted by Gasteiger charge is -2.34. The number of hydrogen-bond donors (Lipinski definition) is 0. The van der Waals surface area contributed by atoms with Crippen molar-refractivity contribution in [3.63, 3.8) is 0 Å². The van der Waals surface area contributed by atoms with Gasteiger partial charge in [-0.3, -0.25) is 0 Å². The van der Waals surface area contributed by atoms with E-state index in [-0.39, 0.29) is 0 Å². The summed E-state index contributed by atoms with van der Waals surface area (Å²) >= 11 is 0. The van der Waals surface area contributed by atoms with Crippen LogP contribution in [0.15, 0.2) is 36.4 Å². The first-order chi connectivity index (χ1) is 11.8. The van der Waals surface area contributed by atoms with Crippen LogP contribution in [-0.4, -0.2) is 27.4 Å². The van der Waals surface area contributed by atoms with Crippen LogP contribution in [0.5, 0.6) is 23.0 Å². The highest BCUT2D eigenvalue weighted by molar-refractivity contribution is 5.43. The van der Waals surface area contributed by atoms with Gasteiger partial charge in [0.2, 0.25) is 0 Å². The van der Waals surface area contributed by atoms with E-state index in [1.807, 2.05) is 24.3 Å². The number of methoxy groups -OCH3 is 2. The number of hydrogen-bond acceptors (Lipinski definition) is 4. The molecule has 2 aromatic carbocycles. The maximum Gasteiger partial charge on any atom is 0.122 e. The average Bonchev–Trinajstić information content (AvgIpc) is 2.66. The first kappa shape index (κ1) is 15.2. The number of benzene rings is 2. The van der Waals surface area contributed by atoms with E-state index >= 15 is 0 Å². The summed E-state index contributed by atoms with van der Waals surface area (Å²) in [6.07, 6.45) is 2.00. The van der Waals surface area contributed by atoms with E-state index in [2.05, 4.69) is 12.1 Å². The van der Waals surface area contributed by atoms with E-state index in [1.165, 1.54) is 11.1 Å². The van der Waals surface area contributed by atoms with Crippen molar-refractivity contribution in [2.75, 3.05) is 27.4 Å². The molecule has 126 valence electrons. The lowest BCUT2D eigenvalue weighted by molar-refractivity contribution is 0.113. The Labute approximate surface area is 142 Å². The Morgan fingerprint density at radius 3 is 1.62 bits per heavy atom. The summed E-state index contributed by atoms with van der Waals surface area (Å²) in [6.45, 7) is 1.49. The van der Waals surface area contributed by atoms with Crippen molar-refractivity contribution in [2.24, 2.45) is 11.8 Å². The fourth-order valence-corrected chi connectivity index (χ4v) is 3.65. The molecule has 0 N–H and O–H groups in total. The Balaban J connectivity index is 1.52. The van der Waals surface area contributed by atoms with Crippen LogP contribution < -0.4 is 18.9 Å². The summed E-state index contributed by atoms with van der Waals surface area (Å²) in [7, 11) is 3.39. The van der Waals surface area contributed by atoms with Crippen LogP contribution in [-0.2, 0) is 12.8 Å². The van der Waals surface area contributed by atoms with E-state index < -0.39 is 0 Å². The maximum absolute atomic E-state index is 5.99. The molecule has 24 heavy (non-hydrogen) atoms.